The number of nitrogens with zero attached hydrogens (tertiary/aromatic N) is 3. The number of halogens is 3. The smallest absolute Gasteiger partial charge is 0.234 e. The van der Waals surface area contributed by atoms with Crippen LogP contribution in [0.15, 0.2) is 12.1 Å². The third-order valence-electron chi connectivity index (χ3n) is 6.03. The van der Waals surface area contributed by atoms with E-state index in [1.54, 1.807) is 4.90 Å². The van der Waals surface area contributed by atoms with Gasteiger partial charge in [0.15, 0.2) is 17.5 Å². The fourth-order valence-corrected chi connectivity index (χ4v) is 4.28. The molecule has 1 amide bonds. The predicted molar refractivity (Wildman–Crippen MR) is 104 cm³/mol. The molecule has 3 rings (SSSR count). The van der Waals surface area contributed by atoms with Gasteiger partial charge in [0.05, 0.1) is 11.8 Å². The summed E-state index contributed by atoms with van der Waals surface area (Å²) in [4.78, 5) is 15.6. The molecule has 0 unspecified atom stereocenters. The molecule has 29 heavy (non-hydrogen) atoms. The zero-order chi connectivity index (χ0) is 20.8. The van der Waals surface area contributed by atoms with Crippen molar-refractivity contribution in [1.82, 2.24) is 10.2 Å². The fraction of sp³-hybridized carbons (Fsp3) is 0.619. The summed E-state index contributed by atoms with van der Waals surface area (Å²) >= 11 is 0. The number of hydrogen-bond donors (Lipinski definition) is 1. The van der Waals surface area contributed by atoms with Crippen LogP contribution in [0.25, 0.3) is 0 Å². The van der Waals surface area contributed by atoms with Crippen LogP contribution in [0.4, 0.5) is 18.9 Å². The van der Waals surface area contributed by atoms with E-state index in [2.05, 4.69) is 10.2 Å². The summed E-state index contributed by atoms with van der Waals surface area (Å²) in [6, 6.07) is 4.32. The van der Waals surface area contributed by atoms with Crippen LogP contribution in [0, 0.1) is 34.7 Å². The van der Waals surface area contributed by atoms with E-state index in [1.165, 1.54) is 6.07 Å². The van der Waals surface area contributed by atoms with E-state index in [-0.39, 0.29) is 24.1 Å². The number of piperazine rings is 1. The van der Waals surface area contributed by atoms with Crippen molar-refractivity contribution in [2.24, 2.45) is 5.92 Å². The second-order valence-electron chi connectivity index (χ2n) is 7.93. The molecular weight excluding hydrogens is 381 g/mol. The van der Waals surface area contributed by atoms with Gasteiger partial charge in [0.2, 0.25) is 5.91 Å². The molecule has 2 aliphatic rings. The Labute approximate surface area is 169 Å². The molecule has 0 radical (unpaired) electrons. The second-order valence-corrected chi connectivity index (χ2v) is 7.93. The molecule has 158 valence electrons. The second kappa shape index (κ2) is 9.97. The summed E-state index contributed by atoms with van der Waals surface area (Å²) in [5, 5.41) is 11.5. The van der Waals surface area contributed by atoms with Crippen LogP contribution >= 0.6 is 0 Å². The molecule has 1 saturated carbocycles. The van der Waals surface area contributed by atoms with Crippen molar-refractivity contribution in [2.45, 2.75) is 44.6 Å². The van der Waals surface area contributed by atoms with E-state index in [1.807, 2.05) is 6.07 Å². The first-order chi connectivity index (χ1) is 14.0. The molecule has 1 aliphatic heterocycles. The van der Waals surface area contributed by atoms with Gasteiger partial charge in [-0.1, -0.05) is 0 Å². The lowest BCUT2D eigenvalue weighted by Gasteiger charge is -2.37. The molecule has 0 aromatic heterocycles. The normalized spacial score (nSPS) is 22.9. The summed E-state index contributed by atoms with van der Waals surface area (Å²) in [6.45, 7) is 3.65. The lowest BCUT2D eigenvalue weighted by molar-refractivity contribution is -0.121. The van der Waals surface area contributed by atoms with E-state index in [0.29, 0.717) is 19.0 Å². The van der Waals surface area contributed by atoms with Crippen molar-refractivity contribution in [3.05, 3.63) is 29.6 Å². The first kappa shape index (κ1) is 21.4. The Bertz CT molecular complexity index is 751. The SMILES string of the molecule is N#CCC(=O)NC1CCC(CCN2CCN(c3ccc(F)c(F)c3F)CC2)CC1. The number of carbonyl (C=O) groups is 1. The molecule has 0 bridgehead atoms. The quantitative estimate of drug-likeness (QED) is 0.735. The van der Waals surface area contributed by atoms with Gasteiger partial charge >= 0.3 is 0 Å². The Morgan fingerprint density at radius 2 is 1.76 bits per heavy atom. The van der Waals surface area contributed by atoms with Crippen molar-refractivity contribution < 1.29 is 18.0 Å². The third-order valence-corrected chi connectivity index (χ3v) is 6.03. The molecule has 1 aliphatic carbocycles. The molecule has 1 aromatic carbocycles. The zero-order valence-electron chi connectivity index (χ0n) is 16.5. The largest absolute Gasteiger partial charge is 0.367 e. The molecule has 5 nitrogen and oxygen atoms in total. The van der Waals surface area contributed by atoms with Crippen LogP contribution in [0.1, 0.15) is 38.5 Å². The number of benzene rings is 1. The van der Waals surface area contributed by atoms with Crippen molar-refractivity contribution in [1.29, 1.82) is 5.26 Å². The van der Waals surface area contributed by atoms with Crippen LogP contribution in [0.3, 0.4) is 0 Å². The Hall–Kier alpha value is -2.27. The van der Waals surface area contributed by atoms with E-state index in [4.69, 9.17) is 5.26 Å². The molecule has 1 saturated heterocycles. The topological polar surface area (TPSA) is 59.4 Å². The number of hydrogen-bond acceptors (Lipinski definition) is 4. The summed E-state index contributed by atoms with van der Waals surface area (Å²) in [6.07, 6.45) is 5.03. The van der Waals surface area contributed by atoms with Crippen molar-refractivity contribution in [3.63, 3.8) is 0 Å². The number of nitriles is 1. The van der Waals surface area contributed by atoms with Crippen LogP contribution in [0.5, 0.6) is 0 Å². The van der Waals surface area contributed by atoms with Crippen LogP contribution in [0.2, 0.25) is 0 Å². The predicted octanol–water partition coefficient (Wildman–Crippen LogP) is 3.20. The van der Waals surface area contributed by atoms with Crippen molar-refractivity contribution in [2.75, 3.05) is 37.6 Å². The zero-order valence-corrected chi connectivity index (χ0v) is 16.5. The van der Waals surface area contributed by atoms with Gasteiger partial charge in [-0.3, -0.25) is 9.69 Å². The first-order valence-corrected chi connectivity index (χ1v) is 10.2. The van der Waals surface area contributed by atoms with Crippen LogP contribution < -0.4 is 10.2 Å². The highest BCUT2D eigenvalue weighted by molar-refractivity contribution is 5.78. The highest BCUT2D eigenvalue weighted by Crippen LogP contribution is 2.28. The minimum Gasteiger partial charge on any atom is -0.367 e. The molecule has 1 heterocycles. The van der Waals surface area contributed by atoms with E-state index >= 15 is 0 Å². The standard InChI is InChI=1S/C21H27F3N4O/c22-17-5-6-18(21(24)20(17)23)28-13-11-27(12-14-28)10-8-15-1-3-16(4-2-15)26-19(29)7-9-25/h5-6,15-16H,1-4,7-8,10-14H2,(H,26,29). The average Bonchev–Trinajstić information content (AvgIpc) is 2.72. The Kier molecular flexibility index (Phi) is 7.37. The van der Waals surface area contributed by atoms with Crippen LogP contribution in [-0.2, 0) is 4.79 Å². The third kappa shape index (κ3) is 5.63. The first-order valence-electron chi connectivity index (χ1n) is 10.2. The van der Waals surface area contributed by atoms with Gasteiger partial charge in [-0.05, 0) is 56.7 Å². The molecule has 0 spiro atoms. The van der Waals surface area contributed by atoms with Crippen LogP contribution in [-0.4, -0.2) is 49.6 Å². The number of amides is 1. The van der Waals surface area contributed by atoms with E-state index < -0.39 is 17.5 Å². The van der Waals surface area contributed by atoms with Gasteiger partial charge < -0.3 is 10.2 Å². The van der Waals surface area contributed by atoms with Gasteiger partial charge in [-0.2, -0.15) is 5.26 Å². The maximum Gasteiger partial charge on any atom is 0.234 e. The molecule has 8 heteroatoms. The maximum absolute atomic E-state index is 14.0. The summed E-state index contributed by atoms with van der Waals surface area (Å²) < 4.78 is 40.5. The number of carbonyl (C=O) groups excluding carboxylic acids is 1. The molecule has 2 fully saturated rings. The number of rotatable bonds is 6. The Balaban J connectivity index is 1.37. The van der Waals surface area contributed by atoms with E-state index in [0.717, 1.165) is 57.8 Å². The lowest BCUT2D eigenvalue weighted by Crippen LogP contribution is -2.47. The summed E-state index contributed by atoms with van der Waals surface area (Å²) in [7, 11) is 0. The highest BCUT2D eigenvalue weighted by atomic mass is 19.2. The summed E-state index contributed by atoms with van der Waals surface area (Å²) in [5.74, 6) is -3.25. The summed E-state index contributed by atoms with van der Waals surface area (Å²) in [5.41, 5.74) is 0.125. The van der Waals surface area contributed by atoms with Crippen molar-refractivity contribution >= 4 is 11.6 Å². The molecular formula is C21H27F3N4O. The fourth-order valence-electron chi connectivity index (χ4n) is 4.28. The monoisotopic (exact) mass is 408 g/mol. The average molecular weight is 408 g/mol. The lowest BCUT2D eigenvalue weighted by atomic mass is 9.84. The van der Waals surface area contributed by atoms with Gasteiger partial charge in [0, 0.05) is 32.2 Å². The van der Waals surface area contributed by atoms with E-state index in [9.17, 15) is 18.0 Å². The molecule has 0 atom stereocenters. The van der Waals surface area contributed by atoms with Gasteiger partial charge in [-0.15, -0.1) is 0 Å². The maximum atomic E-state index is 14.0. The van der Waals surface area contributed by atoms with Gasteiger partial charge in [0.25, 0.3) is 0 Å². The highest BCUT2D eigenvalue weighted by Gasteiger charge is 2.25. The minimum atomic E-state index is -1.41. The minimum absolute atomic E-state index is 0.0830. The van der Waals surface area contributed by atoms with Gasteiger partial charge in [0.1, 0.15) is 6.42 Å². The Morgan fingerprint density at radius 1 is 1.07 bits per heavy atom. The molecule has 1 N–H and O–H groups in total. The molecule has 1 aromatic rings. The Morgan fingerprint density at radius 3 is 2.41 bits per heavy atom. The number of nitrogens with one attached hydrogen (secondary N) is 1. The van der Waals surface area contributed by atoms with Gasteiger partial charge in [-0.25, -0.2) is 13.2 Å². The van der Waals surface area contributed by atoms with Crippen molar-refractivity contribution in [3.8, 4) is 6.07 Å². The number of anilines is 1.